The van der Waals surface area contributed by atoms with Crippen LogP contribution in [0.25, 0.3) is 0 Å². The third-order valence-electron chi connectivity index (χ3n) is 2.70. The van der Waals surface area contributed by atoms with E-state index in [1.165, 1.54) is 25.3 Å². The standard InChI is InChI=1S/C14H12FN3O/c1-9-5-6-17-14(11(9)8-16)18-13-7-10(19-2)3-4-12(13)15/h3-7H,1-2H3,(H,17,18). The molecule has 1 heterocycles. The Morgan fingerprint density at radius 1 is 1.37 bits per heavy atom. The molecule has 0 saturated heterocycles. The van der Waals surface area contributed by atoms with Gasteiger partial charge in [-0.05, 0) is 30.7 Å². The summed E-state index contributed by atoms with van der Waals surface area (Å²) in [5.41, 5.74) is 1.39. The molecule has 19 heavy (non-hydrogen) atoms. The van der Waals surface area contributed by atoms with E-state index >= 15 is 0 Å². The second-order valence-corrected chi connectivity index (χ2v) is 3.93. The third kappa shape index (κ3) is 2.63. The van der Waals surface area contributed by atoms with E-state index < -0.39 is 5.82 Å². The molecule has 0 fully saturated rings. The fourth-order valence-corrected chi connectivity index (χ4v) is 1.65. The Bertz CT molecular complexity index is 650. The molecule has 4 nitrogen and oxygen atoms in total. The van der Waals surface area contributed by atoms with E-state index in [-0.39, 0.29) is 5.69 Å². The summed E-state index contributed by atoms with van der Waals surface area (Å²) in [6.07, 6.45) is 1.57. The predicted molar refractivity (Wildman–Crippen MR) is 69.9 cm³/mol. The second-order valence-electron chi connectivity index (χ2n) is 3.93. The number of aryl methyl sites for hydroxylation is 1. The first-order valence-electron chi connectivity index (χ1n) is 5.62. The van der Waals surface area contributed by atoms with Gasteiger partial charge < -0.3 is 10.1 Å². The van der Waals surface area contributed by atoms with Crippen molar-refractivity contribution in [2.75, 3.05) is 12.4 Å². The van der Waals surface area contributed by atoms with Gasteiger partial charge in [-0.1, -0.05) is 0 Å². The lowest BCUT2D eigenvalue weighted by Crippen LogP contribution is -2.00. The smallest absolute Gasteiger partial charge is 0.148 e. The lowest BCUT2D eigenvalue weighted by Gasteiger charge is -2.10. The zero-order chi connectivity index (χ0) is 13.8. The normalized spacial score (nSPS) is 9.79. The Morgan fingerprint density at radius 2 is 2.16 bits per heavy atom. The topological polar surface area (TPSA) is 57.9 Å². The molecule has 1 aromatic carbocycles. The number of rotatable bonds is 3. The summed E-state index contributed by atoms with van der Waals surface area (Å²) in [7, 11) is 1.50. The maximum atomic E-state index is 13.7. The van der Waals surface area contributed by atoms with E-state index in [0.29, 0.717) is 17.1 Å². The summed E-state index contributed by atoms with van der Waals surface area (Å²) in [4.78, 5) is 4.06. The molecule has 2 aromatic rings. The predicted octanol–water partition coefficient (Wildman–Crippen LogP) is 3.15. The number of nitrogens with one attached hydrogen (secondary N) is 1. The molecule has 0 amide bonds. The van der Waals surface area contributed by atoms with Crippen LogP contribution in [0.1, 0.15) is 11.1 Å². The first-order valence-corrected chi connectivity index (χ1v) is 5.62. The Balaban J connectivity index is 2.42. The first kappa shape index (κ1) is 12.8. The quantitative estimate of drug-likeness (QED) is 0.917. The Kier molecular flexibility index (Phi) is 3.62. The number of pyridine rings is 1. The van der Waals surface area contributed by atoms with Crippen molar-refractivity contribution in [3.8, 4) is 11.8 Å². The van der Waals surface area contributed by atoms with Crippen LogP contribution in [-0.4, -0.2) is 12.1 Å². The Hall–Kier alpha value is -2.61. The van der Waals surface area contributed by atoms with Gasteiger partial charge >= 0.3 is 0 Å². The molecule has 96 valence electrons. The number of benzene rings is 1. The third-order valence-corrected chi connectivity index (χ3v) is 2.70. The van der Waals surface area contributed by atoms with Crippen molar-refractivity contribution in [2.24, 2.45) is 0 Å². The van der Waals surface area contributed by atoms with Gasteiger partial charge in [-0.3, -0.25) is 0 Å². The van der Waals surface area contributed by atoms with Gasteiger partial charge in [0.1, 0.15) is 23.5 Å². The molecule has 0 spiro atoms. The molecule has 0 atom stereocenters. The van der Waals surface area contributed by atoms with Crippen LogP contribution in [0.5, 0.6) is 5.75 Å². The second kappa shape index (κ2) is 5.36. The van der Waals surface area contributed by atoms with Crippen molar-refractivity contribution < 1.29 is 9.13 Å². The molecule has 2 rings (SSSR count). The molecule has 0 radical (unpaired) electrons. The molecular formula is C14H12FN3O. The van der Waals surface area contributed by atoms with Crippen LogP contribution in [0, 0.1) is 24.1 Å². The van der Waals surface area contributed by atoms with Crippen LogP contribution in [0.15, 0.2) is 30.5 Å². The SMILES string of the molecule is COc1ccc(F)c(Nc2nccc(C)c2C#N)c1. The van der Waals surface area contributed by atoms with Crippen molar-refractivity contribution in [3.05, 3.63) is 47.4 Å². The molecule has 0 bridgehead atoms. The molecule has 0 aliphatic heterocycles. The molecule has 0 aliphatic rings. The van der Waals surface area contributed by atoms with E-state index in [0.717, 1.165) is 5.56 Å². The maximum absolute atomic E-state index is 13.7. The van der Waals surface area contributed by atoms with Crippen LogP contribution in [-0.2, 0) is 0 Å². The lowest BCUT2D eigenvalue weighted by molar-refractivity contribution is 0.414. The summed E-state index contributed by atoms with van der Waals surface area (Å²) in [5.74, 6) is 0.415. The van der Waals surface area contributed by atoms with Crippen LogP contribution < -0.4 is 10.1 Å². The largest absolute Gasteiger partial charge is 0.497 e. The van der Waals surface area contributed by atoms with Crippen molar-refractivity contribution in [1.82, 2.24) is 4.98 Å². The average molecular weight is 257 g/mol. The van der Waals surface area contributed by atoms with Crippen LogP contribution in [0.3, 0.4) is 0 Å². The highest BCUT2D eigenvalue weighted by Crippen LogP contribution is 2.26. The molecule has 1 aromatic heterocycles. The molecule has 0 aliphatic carbocycles. The maximum Gasteiger partial charge on any atom is 0.148 e. The minimum Gasteiger partial charge on any atom is -0.497 e. The molecule has 0 saturated carbocycles. The van der Waals surface area contributed by atoms with Crippen LogP contribution in [0.4, 0.5) is 15.9 Å². The molecule has 5 heteroatoms. The number of hydrogen-bond donors (Lipinski definition) is 1. The number of nitrogens with zero attached hydrogens (tertiary/aromatic N) is 2. The van der Waals surface area contributed by atoms with E-state index in [1.54, 1.807) is 19.2 Å². The van der Waals surface area contributed by atoms with Gasteiger partial charge in [-0.25, -0.2) is 9.37 Å². The minimum atomic E-state index is -0.437. The van der Waals surface area contributed by atoms with Gasteiger partial charge in [0.25, 0.3) is 0 Å². The number of hydrogen-bond acceptors (Lipinski definition) is 4. The van der Waals surface area contributed by atoms with Crippen molar-refractivity contribution in [3.63, 3.8) is 0 Å². The zero-order valence-electron chi connectivity index (χ0n) is 10.6. The number of halogens is 1. The van der Waals surface area contributed by atoms with Gasteiger partial charge in [0.15, 0.2) is 0 Å². The number of anilines is 2. The van der Waals surface area contributed by atoms with E-state index in [4.69, 9.17) is 10.00 Å². The van der Waals surface area contributed by atoms with Gasteiger partial charge in [0.2, 0.25) is 0 Å². The highest BCUT2D eigenvalue weighted by Gasteiger charge is 2.10. The number of ether oxygens (including phenoxy) is 1. The number of aromatic nitrogens is 1. The highest BCUT2D eigenvalue weighted by atomic mass is 19.1. The van der Waals surface area contributed by atoms with Gasteiger partial charge in [-0.2, -0.15) is 5.26 Å². The summed E-state index contributed by atoms with van der Waals surface area (Å²) < 4.78 is 18.7. The minimum absolute atomic E-state index is 0.217. The fourth-order valence-electron chi connectivity index (χ4n) is 1.65. The van der Waals surface area contributed by atoms with Gasteiger partial charge in [0, 0.05) is 12.3 Å². The van der Waals surface area contributed by atoms with Crippen LogP contribution in [0.2, 0.25) is 0 Å². The van der Waals surface area contributed by atoms with Crippen molar-refractivity contribution >= 4 is 11.5 Å². The summed E-state index contributed by atoms with van der Waals surface area (Å²) in [6, 6.07) is 8.11. The molecular weight excluding hydrogens is 245 g/mol. The fraction of sp³-hybridized carbons (Fsp3) is 0.143. The Labute approximate surface area is 110 Å². The average Bonchev–Trinajstić information content (AvgIpc) is 2.41. The molecule has 1 N–H and O–H groups in total. The van der Waals surface area contributed by atoms with Gasteiger partial charge in [0.05, 0.1) is 18.4 Å². The summed E-state index contributed by atoms with van der Waals surface area (Å²) >= 11 is 0. The molecule has 0 unspecified atom stereocenters. The Morgan fingerprint density at radius 3 is 2.84 bits per heavy atom. The monoisotopic (exact) mass is 257 g/mol. The van der Waals surface area contributed by atoms with E-state index in [2.05, 4.69) is 16.4 Å². The number of nitriles is 1. The zero-order valence-corrected chi connectivity index (χ0v) is 10.6. The summed E-state index contributed by atoms with van der Waals surface area (Å²) in [5, 5.41) is 11.9. The highest BCUT2D eigenvalue weighted by molar-refractivity contribution is 5.65. The van der Waals surface area contributed by atoms with Crippen molar-refractivity contribution in [1.29, 1.82) is 5.26 Å². The van der Waals surface area contributed by atoms with Gasteiger partial charge in [-0.15, -0.1) is 0 Å². The first-order chi connectivity index (χ1) is 9.15. The lowest BCUT2D eigenvalue weighted by atomic mass is 10.1. The summed E-state index contributed by atoms with van der Waals surface area (Å²) in [6.45, 7) is 1.80. The van der Waals surface area contributed by atoms with Crippen molar-refractivity contribution in [2.45, 2.75) is 6.92 Å². The van der Waals surface area contributed by atoms with Crippen LogP contribution >= 0.6 is 0 Å². The van der Waals surface area contributed by atoms with E-state index in [1.807, 2.05) is 0 Å². The van der Waals surface area contributed by atoms with E-state index in [9.17, 15) is 4.39 Å². The number of methoxy groups -OCH3 is 1.